The minimum atomic E-state index is 0.0174. The molecule has 1 aliphatic rings. The van der Waals surface area contributed by atoms with Gasteiger partial charge in [-0.2, -0.15) is 0 Å². The van der Waals surface area contributed by atoms with Gasteiger partial charge in [0.2, 0.25) is 0 Å². The van der Waals surface area contributed by atoms with Crippen LogP contribution in [0.5, 0.6) is 5.75 Å². The molecule has 3 aromatic rings. The van der Waals surface area contributed by atoms with Gasteiger partial charge in [-0.3, -0.25) is 9.59 Å². The fourth-order valence-corrected chi connectivity index (χ4v) is 4.73. The van der Waals surface area contributed by atoms with Crippen LogP contribution in [-0.2, 0) is 6.61 Å². The molecule has 1 aromatic heterocycles. The SMILES string of the molecule is CCCN(C(=O)c1cccc(OCc2cscn2)c1)C1CCN(C(=O)c2ccccc2)CC1. The summed E-state index contributed by atoms with van der Waals surface area (Å²) >= 11 is 1.53. The Kier molecular flexibility index (Phi) is 7.73. The summed E-state index contributed by atoms with van der Waals surface area (Å²) in [6.45, 7) is 4.47. The number of thiazole rings is 1. The zero-order valence-electron chi connectivity index (χ0n) is 18.9. The summed E-state index contributed by atoms with van der Waals surface area (Å²) in [6, 6.07) is 16.9. The van der Waals surface area contributed by atoms with Crippen LogP contribution in [0.3, 0.4) is 0 Å². The largest absolute Gasteiger partial charge is 0.487 e. The van der Waals surface area contributed by atoms with Crippen LogP contribution in [0.25, 0.3) is 0 Å². The second-order valence-electron chi connectivity index (χ2n) is 8.18. The van der Waals surface area contributed by atoms with Crippen molar-refractivity contribution >= 4 is 23.2 Å². The van der Waals surface area contributed by atoms with E-state index in [4.69, 9.17) is 4.74 Å². The van der Waals surface area contributed by atoms with Gasteiger partial charge in [-0.25, -0.2) is 4.98 Å². The van der Waals surface area contributed by atoms with Crippen molar-refractivity contribution < 1.29 is 14.3 Å². The van der Waals surface area contributed by atoms with E-state index >= 15 is 0 Å². The molecule has 0 spiro atoms. The maximum Gasteiger partial charge on any atom is 0.254 e. The molecule has 2 aromatic carbocycles. The Balaban J connectivity index is 1.39. The maximum atomic E-state index is 13.4. The normalized spacial score (nSPS) is 14.2. The quantitative estimate of drug-likeness (QED) is 0.478. The fourth-order valence-electron chi connectivity index (χ4n) is 4.19. The number of likely N-dealkylation sites (tertiary alicyclic amines) is 1. The van der Waals surface area contributed by atoms with E-state index in [1.807, 2.05) is 69.8 Å². The van der Waals surface area contributed by atoms with Crippen LogP contribution >= 0.6 is 11.3 Å². The minimum absolute atomic E-state index is 0.0174. The lowest BCUT2D eigenvalue weighted by Crippen LogP contribution is -2.49. The first-order valence-corrected chi connectivity index (χ1v) is 12.3. The fraction of sp³-hybridized carbons (Fsp3) is 0.346. The Bertz CT molecular complexity index is 1050. The highest BCUT2D eigenvalue weighted by molar-refractivity contribution is 7.07. The topological polar surface area (TPSA) is 62.7 Å². The average molecular weight is 464 g/mol. The first-order chi connectivity index (χ1) is 16.2. The molecule has 0 atom stereocenters. The molecule has 7 heteroatoms. The summed E-state index contributed by atoms with van der Waals surface area (Å²) in [5.74, 6) is 0.741. The van der Waals surface area contributed by atoms with Crippen LogP contribution < -0.4 is 4.74 Å². The van der Waals surface area contributed by atoms with Crippen molar-refractivity contribution in [2.24, 2.45) is 0 Å². The van der Waals surface area contributed by atoms with Crippen molar-refractivity contribution in [1.29, 1.82) is 0 Å². The lowest BCUT2D eigenvalue weighted by Gasteiger charge is -2.38. The maximum absolute atomic E-state index is 13.4. The molecule has 0 saturated carbocycles. The van der Waals surface area contributed by atoms with Crippen molar-refractivity contribution in [3.05, 3.63) is 82.3 Å². The highest BCUT2D eigenvalue weighted by Crippen LogP contribution is 2.23. The minimum Gasteiger partial charge on any atom is -0.487 e. The Labute approximate surface area is 198 Å². The molecule has 0 aliphatic carbocycles. The van der Waals surface area contributed by atoms with E-state index in [1.165, 1.54) is 11.3 Å². The highest BCUT2D eigenvalue weighted by atomic mass is 32.1. The van der Waals surface area contributed by atoms with E-state index in [0.29, 0.717) is 43.1 Å². The number of nitrogens with zero attached hydrogens (tertiary/aromatic N) is 3. The molecule has 1 saturated heterocycles. The summed E-state index contributed by atoms with van der Waals surface area (Å²) in [5, 5.41) is 1.95. The summed E-state index contributed by atoms with van der Waals surface area (Å²) in [4.78, 5) is 34.3. The van der Waals surface area contributed by atoms with Crippen LogP contribution in [-0.4, -0.2) is 52.3 Å². The zero-order chi connectivity index (χ0) is 23.0. The number of carbonyl (C=O) groups excluding carboxylic acids is 2. The molecule has 33 heavy (non-hydrogen) atoms. The molecular weight excluding hydrogens is 434 g/mol. The lowest BCUT2D eigenvalue weighted by molar-refractivity contribution is 0.0519. The molecule has 172 valence electrons. The third kappa shape index (κ3) is 5.79. The third-order valence-corrected chi connectivity index (χ3v) is 6.53. The number of amides is 2. The molecule has 2 heterocycles. The summed E-state index contributed by atoms with van der Waals surface area (Å²) in [5.41, 5.74) is 4.00. The van der Waals surface area contributed by atoms with Crippen molar-refractivity contribution in [2.75, 3.05) is 19.6 Å². The number of ether oxygens (including phenoxy) is 1. The van der Waals surface area contributed by atoms with Crippen molar-refractivity contribution in [2.45, 2.75) is 38.8 Å². The molecule has 0 radical (unpaired) electrons. The van der Waals surface area contributed by atoms with Gasteiger partial charge in [0, 0.05) is 42.2 Å². The number of benzene rings is 2. The van der Waals surface area contributed by atoms with Gasteiger partial charge in [0.1, 0.15) is 12.4 Å². The van der Waals surface area contributed by atoms with E-state index in [-0.39, 0.29) is 17.9 Å². The summed E-state index contributed by atoms with van der Waals surface area (Å²) < 4.78 is 5.84. The van der Waals surface area contributed by atoms with Crippen molar-refractivity contribution in [1.82, 2.24) is 14.8 Å². The molecule has 2 amide bonds. The Morgan fingerprint density at radius 3 is 2.55 bits per heavy atom. The lowest BCUT2D eigenvalue weighted by atomic mass is 10.0. The van der Waals surface area contributed by atoms with Crippen LogP contribution in [0.4, 0.5) is 0 Å². The molecule has 6 nitrogen and oxygen atoms in total. The summed E-state index contributed by atoms with van der Waals surface area (Å²) in [7, 11) is 0. The Morgan fingerprint density at radius 1 is 1.09 bits per heavy atom. The monoisotopic (exact) mass is 463 g/mol. The number of carbonyl (C=O) groups is 2. The number of hydrogen-bond donors (Lipinski definition) is 0. The molecule has 1 aliphatic heterocycles. The van der Waals surface area contributed by atoms with Gasteiger partial charge in [0.05, 0.1) is 11.2 Å². The van der Waals surface area contributed by atoms with Crippen LogP contribution in [0.1, 0.15) is 52.6 Å². The predicted molar refractivity (Wildman–Crippen MR) is 130 cm³/mol. The summed E-state index contributed by atoms with van der Waals surface area (Å²) in [6.07, 6.45) is 2.45. The van der Waals surface area contributed by atoms with Crippen molar-refractivity contribution in [3.63, 3.8) is 0 Å². The molecule has 4 rings (SSSR count). The molecule has 1 fully saturated rings. The second kappa shape index (κ2) is 11.1. The van der Waals surface area contributed by atoms with Gasteiger partial charge < -0.3 is 14.5 Å². The molecule has 0 N–H and O–H groups in total. The Hall–Kier alpha value is -3.19. The number of piperidine rings is 1. The predicted octanol–water partition coefficient (Wildman–Crippen LogP) is 4.88. The Morgan fingerprint density at radius 2 is 1.85 bits per heavy atom. The van der Waals surface area contributed by atoms with Gasteiger partial charge >= 0.3 is 0 Å². The van der Waals surface area contributed by atoms with E-state index in [2.05, 4.69) is 11.9 Å². The molecule has 0 bridgehead atoms. The van der Waals surface area contributed by atoms with Gasteiger partial charge in [0.25, 0.3) is 11.8 Å². The van der Waals surface area contributed by atoms with Crippen LogP contribution in [0.2, 0.25) is 0 Å². The van der Waals surface area contributed by atoms with E-state index < -0.39 is 0 Å². The first-order valence-electron chi connectivity index (χ1n) is 11.4. The number of aromatic nitrogens is 1. The number of hydrogen-bond acceptors (Lipinski definition) is 5. The van der Waals surface area contributed by atoms with Gasteiger partial charge in [-0.15, -0.1) is 11.3 Å². The van der Waals surface area contributed by atoms with Crippen LogP contribution in [0.15, 0.2) is 65.5 Å². The number of rotatable bonds is 8. The smallest absolute Gasteiger partial charge is 0.254 e. The van der Waals surface area contributed by atoms with Gasteiger partial charge in [-0.1, -0.05) is 31.2 Å². The zero-order valence-corrected chi connectivity index (χ0v) is 19.7. The standard InChI is InChI=1S/C26H29N3O3S/c1-2-13-29(23-11-14-28(15-12-23)25(30)20-7-4-3-5-8-20)26(31)21-9-6-10-24(16-21)32-17-22-18-33-19-27-22/h3-10,16,18-19,23H,2,11-15,17H2,1H3. The van der Waals surface area contributed by atoms with E-state index in [9.17, 15) is 9.59 Å². The van der Waals surface area contributed by atoms with E-state index in [1.54, 1.807) is 5.51 Å². The molecule has 0 unspecified atom stereocenters. The van der Waals surface area contributed by atoms with Crippen LogP contribution in [0, 0.1) is 0 Å². The molecular formula is C26H29N3O3S. The highest BCUT2D eigenvalue weighted by Gasteiger charge is 2.30. The van der Waals surface area contributed by atoms with Gasteiger partial charge in [-0.05, 0) is 49.6 Å². The second-order valence-corrected chi connectivity index (χ2v) is 8.90. The van der Waals surface area contributed by atoms with Crippen molar-refractivity contribution in [3.8, 4) is 5.75 Å². The van der Waals surface area contributed by atoms with Gasteiger partial charge in [0.15, 0.2) is 0 Å². The van der Waals surface area contributed by atoms with E-state index in [0.717, 1.165) is 25.0 Å². The first kappa shape index (κ1) is 23.0. The average Bonchev–Trinajstić information content (AvgIpc) is 3.40. The third-order valence-electron chi connectivity index (χ3n) is 5.89.